The van der Waals surface area contributed by atoms with Crippen LogP contribution in [0.5, 0.6) is 0 Å². The maximum atomic E-state index is 12.5. The summed E-state index contributed by atoms with van der Waals surface area (Å²) >= 11 is 0. The number of nitriles is 1. The van der Waals surface area contributed by atoms with Crippen LogP contribution in [0, 0.1) is 21.4 Å². The van der Waals surface area contributed by atoms with E-state index in [4.69, 9.17) is 20.9 Å². The molecule has 1 saturated heterocycles. The van der Waals surface area contributed by atoms with Crippen molar-refractivity contribution in [2.24, 2.45) is 5.73 Å². The maximum Gasteiger partial charge on any atom is 0.490 e. The summed E-state index contributed by atoms with van der Waals surface area (Å²) in [7, 11) is 0. The molecule has 0 aliphatic carbocycles. The largest absolute Gasteiger partial charge is 0.490 e. The first kappa shape index (κ1) is 23.6. The van der Waals surface area contributed by atoms with E-state index in [0.717, 1.165) is 17.5 Å². The fraction of sp³-hybridized carbons (Fsp3) is 0.389. The van der Waals surface area contributed by atoms with E-state index in [2.05, 4.69) is 11.1 Å². The van der Waals surface area contributed by atoms with E-state index in [0.29, 0.717) is 18.4 Å². The van der Waals surface area contributed by atoms with E-state index >= 15 is 0 Å². The van der Waals surface area contributed by atoms with Crippen LogP contribution in [-0.4, -0.2) is 56.6 Å². The van der Waals surface area contributed by atoms with Gasteiger partial charge in [0, 0.05) is 35.8 Å². The van der Waals surface area contributed by atoms with Gasteiger partial charge < -0.3 is 20.7 Å². The van der Waals surface area contributed by atoms with Crippen LogP contribution in [0.3, 0.4) is 0 Å². The van der Waals surface area contributed by atoms with E-state index in [-0.39, 0.29) is 18.0 Å². The Hall–Kier alpha value is -3.66. The van der Waals surface area contributed by atoms with E-state index in [1.54, 1.807) is 12.3 Å². The number of carboxylic acid groups (broad SMARTS) is 1. The van der Waals surface area contributed by atoms with Crippen molar-refractivity contribution in [3.8, 4) is 6.07 Å². The molecule has 0 bridgehead atoms. The molecule has 0 saturated carbocycles. The van der Waals surface area contributed by atoms with Crippen LogP contribution >= 0.6 is 0 Å². The number of rotatable bonds is 4. The van der Waals surface area contributed by atoms with Crippen LogP contribution < -0.4 is 5.73 Å². The van der Waals surface area contributed by atoms with Gasteiger partial charge in [-0.05, 0) is 30.9 Å². The number of carbonyl (C=O) groups excluding carboxylic acids is 1. The number of nitrogens with one attached hydrogen (secondary N) is 1. The Balaban J connectivity index is 0.000000423. The van der Waals surface area contributed by atoms with Gasteiger partial charge in [0.15, 0.2) is 0 Å². The minimum atomic E-state index is -5.08. The molecule has 0 radical (unpaired) electrons. The number of nitrogens with two attached hydrogens (primary N) is 1. The number of hydrogen-bond acceptors (Lipinski definition) is 6. The highest BCUT2D eigenvalue weighted by atomic mass is 19.4. The lowest BCUT2D eigenvalue weighted by Gasteiger charge is -2.23. The molecule has 1 aromatic carbocycles. The summed E-state index contributed by atoms with van der Waals surface area (Å²) in [6.07, 6.45) is -1.63. The summed E-state index contributed by atoms with van der Waals surface area (Å²) in [6.45, 7) is 0.546. The zero-order valence-corrected chi connectivity index (χ0v) is 15.9. The van der Waals surface area contributed by atoms with Crippen molar-refractivity contribution in [2.45, 2.75) is 37.5 Å². The molecular formula is C18H18F3N5O5. The first-order chi connectivity index (χ1) is 14.5. The number of alkyl halides is 3. The molecule has 0 spiro atoms. The Morgan fingerprint density at radius 1 is 1.45 bits per heavy atom. The molecular weight excluding hydrogens is 423 g/mol. The average molecular weight is 441 g/mol. The molecule has 10 nitrogen and oxygen atoms in total. The van der Waals surface area contributed by atoms with Gasteiger partial charge in [0.2, 0.25) is 5.91 Å². The molecule has 3 rings (SSSR count). The maximum absolute atomic E-state index is 12.5. The van der Waals surface area contributed by atoms with E-state index in [9.17, 15) is 28.1 Å². The van der Waals surface area contributed by atoms with Crippen LogP contribution in [-0.2, 0) is 16.0 Å². The number of H-pyrrole nitrogens is 1. The van der Waals surface area contributed by atoms with Gasteiger partial charge in [-0.25, -0.2) is 4.79 Å². The summed E-state index contributed by atoms with van der Waals surface area (Å²) in [6, 6.07) is 5.48. The molecule has 1 aromatic heterocycles. The van der Waals surface area contributed by atoms with Crippen molar-refractivity contribution in [2.75, 3.05) is 6.54 Å². The molecule has 166 valence electrons. The number of aromatic nitrogens is 1. The van der Waals surface area contributed by atoms with Gasteiger partial charge in [-0.3, -0.25) is 14.9 Å². The molecule has 13 heteroatoms. The second-order valence-corrected chi connectivity index (χ2v) is 6.73. The number of aromatic amines is 1. The molecule has 2 aromatic rings. The summed E-state index contributed by atoms with van der Waals surface area (Å²) in [5.41, 5.74) is 7.55. The van der Waals surface area contributed by atoms with Crippen LogP contribution in [0.25, 0.3) is 10.9 Å². The highest BCUT2D eigenvalue weighted by molar-refractivity contribution is 5.87. The average Bonchev–Trinajstić information content (AvgIpc) is 3.33. The molecule has 1 aliphatic heterocycles. The van der Waals surface area contributed by atoms with Crippen molar-refractivity contribution >= 4 is 28.5 Å². The van der Waals surface area contributed by atoms with Gasteiger partial charge in [-0.15, -0.1) is 0 Å². The van der Waals surface area contributed by atoms with Gasteiger partial charge in [0.05, 0.1) is 17.0 Å². The zero-order chi connectivity index (χ0) is 23.3. The normalized spacial score (nSPS) is 16.9. The van der Waals surface area contributed by atoms with Gasteiger partial charge in [-0.1, -0.05) is 0 Å². The minimum absolute atomic E-state index is 0.00710. The number of non-ortho nitro benzene ring substituents is 1. The number of likely N-dealkylation sites (tertiary alicyclic amines) is 1. The molecule has 1 amide bonds. The van der Waals surface area contributed by atoms with Crippen LogP contribution in [0.1, 0.15) is 18.4 Å². The lowest BCUT2D eigenvalue weighted by molar-refractivity contribution is -0.384. The number of carboxylic acids is 1. The fourth-order valence-electron chi connectivity index (χ4n) is 3.15. The second-order valence-electron chi connectivity index (χ2n) is 6.73. The molecule has 31 heavy (non-hydrogen) atoms. The Labute approximate surface area is 173 Å². The molecule has 1 aliphatic rings. The third kappa shape index (κ3) is 5.70. The summed E-state index contributed by atoms with van der Waals surface area (Å²) < 4.78 is 31.7. The van der Waals surface area contributed by atoms with Gasteiger partial charge in [0.1, 0.15) is 6.04 Å². The van der Waals surface area contributed by atoms with Crippen molar-refractivity contribution in [1.82, 2.24) is 9.88 Å². The lowest BCUT2D eigenvalue weighted by Crippen LogP contribution is -2.46. The number of nitro benzene ring substituents is 1. The quantitative estimate of drug-likeness (QED) is 0.482. The zero-order valence-electron chi connectivity index (χ0n) is 15.9. The fourth-order valence-corrected chi connectivity index (χ4v) is 3.15. The van der Waals surface area contributed by atoms with Gasteiger partial charge in [0.25, 0.3) is 5.69 Å². The Morgan fingerprint density at radius 3 is 2.65 bits per heavy atom. The number of carbonyl (C=O) groups is 2. The second kappa shape index (κ2) is 9.43. The Morgan fingerprint density at radius 2 is 2.10 bits per heavy atom. The number of nitrogens with zero attached hydrogens (tertiary/aromatic N) is 3. The lowest BCUT2D eigenvalue weighted by atomic mass is 10.0. The van der Waals surface area contributed by atoms with E-state index < -0.39 is 29.2 Å². The third-order valence-electron chi connectivity index (χ3n) is 4.65. The number of amides is 1. The minimum Gasteiger partial charge on any atom is -0.475 e. The van der Waals surface area contributed by atoms with Gasteiger partial charge >= 0.3 is 12.1 Å². The smallest absolute Gasteiger partial charge is 0.475 e. The monoisotopic (exact) mass is 441 g/mol. The molecule has 1 unspecified atom stereocenters. The summed E-state index contributed by atoms with van der Waals surface area (Å²) in [5.74, 6) is -3.01. The SMILES string of the molecule is N#C[C@@H]1CCCN1C(=O)C(N)Cc1c[nH]c2ccc([N+](=O)[O-])cc12.O=C(O)C(F)(F)F. The first-order valence-corrected chi connectivity index (χ1v) is 8.96. The van der Waals surface area contributed by atoms with Crippen LogP contribution in [0.2, 0.25) is 0 Å². The number of benzene rings is 1. The highest BCUT2D eigenvalue weighted by Crippen LogP contribution is 2.25. The first-order valence-electron chi connectivity index (χ1n) is 8.96. The van der Waals surface area contributed by atoms with Crippen LogP contribution in [0.4, 0.5) is 18.9 Å². The third-order valence-corrected chi connectivity index (χ3v) is 4.65. The van der Waals surface area contributed by atoms with Gasteiger partial charge in [-0.2, -0.15) is 18.4 Å². The molecule has 2 heterocycles. The van der Waals surface area contributed by atoms with E-state index in [1.165, 1.54) is 17.0 Å². The number of halogens is 3. The van der Waals surface area contributed by atoms with E-state index in [1.807, 2.05) is 0 Å². The van der Waals surface area contributed by atoms with Crippen molar-refractivity contribution in [1.29, 1.82) is 5.26 Å². The predicted molar refractivity (Wildman–Crippen MR) is 101 cm³/mol. The van der Waals surface area contributed by atoms with Crippen LogP contribution in [0.15, 0.2) is 24.4 Å². The predicted octanol–water partition coefficient (Wildman–Crippen LogP) is 2.09. The number of hydrogen-bond donors (Lipinski definition) is 3. The van der Waals surface area contributed by atoms with Crippen molar-refractivity contribution in [3.05, 3.63) is 40.1 Å². The number of nitro groups is 1. The summed E-state index contributed by atoms with van der Waals surface area (Å²) in [4.78, 5) is 36.4. The number of fused-ring (bicyclic) bond motifs is 1. The summed E-state index contributed by atoms with van der Waals surface area (Å²) in [5, 5.41) is 27.8. The van der Waals surface area contributed by atoms with Crippen molar-refractivity contribution < 1.29 is 32.8 Å². The Kier molecular flexibility index (Phi) is 7.19. The molecule has 1 fully saturated rings. The topological polar surface area (TPSA) is 166 Å². The standard InChI is InChI=1S/C16H17N5O3.C2HF3O2/c17-8-12-2-1-5-20(12)16(22)14(18)6-10-9-19-15-4-3-11(21(23)24)7-13(10)15;3-2(4,5)1(6)7/h3-4,7,9,12,14,19H,1-2,5-6,18H2;(H,6,7)/t12-,14?;/m0./s1. The highest BCUT2D eigenvalue weighted by Gasteiger charge is 2.38. The Bertz CT molecular complexity index is 1030. The molecule has 2 atom stereocenters. The molecule has 4 N–H and O–H groups in total. The van der Waals surface area contributed by atoms with Crippen molar-refractivity contribution in [3.63, 3.8) is 0 Å². The number of aliphatic carboxylic acids is 1.